The van der Waals surface area contributed by atoms with Crippen LogP contribution in [0.1, 0.15) is 0 Å². The zero-order valence-electron chi connectivity index (χ0n) is 5.34. The molecule has 0 fully saturated rings. The maximum Gasteiger partial charge on any atom is 0.138 e. The third-order valence-electron chi connectivity index (χ3n) is 1.07. The molecule has 0 aliphatic heterocycles. The summed E-state index contributed by atoms with van der Waals surface area (Å²) in [5.74, 6) is 0. The molecule has 0 atom stereocenters. The summed E-state index contributed by atoms with van der Waals surface area (Å²) in [6.07, 6.45) is 0. The molecule has 0 aromatic heterocycles. The molecule has 0 amide bonds. The van der Waals surface area contributed by atoms with Gasteiger partial charge >= 0.3 is 0 Å². The zero-order chi connectivity index (χ0) is 8.27. The zero-order valence-corrected chi connectivity index (χ0v) is 7.67. The number of thiocyanates is 1. The lowest BCUT2D eigenvalue weighted by atomic mass is 10.4. The molecule has 4 heteroatoms. The number of nitriles is 1. The van der Waals surface area contributed by atoms with Crippen molar-refractivity contribution in [1.29, 1.82) is 5.26 Å². The Bertz CT molecular complexity index is 286. The summed E-state index contributed by atoms with van der Waals surface area (Å²) in [6.45, 7) is 0. The molecule has 0 saturated carbocycles. The molecule has 1 nitrogen and oxygen atoms in total. The Kier molecular flexibility index (Phi) is 3.07. The Hall–Kier alpha value is -0.360. The molecule has 0 N–H and O–H groups in total. The van der Waals surface area contributed by atoms with Crippen molar-refractivity contribution < 1.29 is 0 Å². The molecular weight excluding hydrogens is 201 g/mol. The van der Waals surface area contributed by atoms with Crippen molar-refractivity contribution in [2.45, 2.75) is 4.90 Å². The molecule has 0 radical (unpaired) electrons. The van der Waals surface area contributed by atoms with E-state index in [0.717, 1.165) is 11.8 Å². The van der Waals surface area contributed by atoms with Gasteiger partial charge in [0.15, 0.2) is 0 Å². The van der Waals surface area contributed by atoms with Gasteiger partial charge < -0.3 is 0 Å². The van der Waals surface area contributed by atoms with Crippen LogP contribution in [0.5, 0.6) is 0 Å². The van der Waals surface area contributed by atoms with E-state index in [1.807, 2.05) is 5.40 Å². The predicted octanol–water partition coefficient (Wildman–Crippen LogP) is 3.57. The van der Waals surface area contributed by atoms with Crippen LogP contribution in [0.15, 0.2) is 23.1 Å². The van der Waals surface area contributed by atoms with Crippen LogP contribution in [0.25, 0.3) is 0 Å². The van der Waals surface area contributed by atoms with Crippen molar-refractivity contribution in [3.63, 3.8) is 0 Å². The molecule has 0 aliphatic carbocycles. The van der Waals surface area contributed by atoms with Crippen LogP contribution in [0.4, 0.5) is 0 Å². The van der Waals surface area contributed by atoms with E-state index in [1.54, 1.807) is 18.2 Å². The van der Waals surface area contributed by atoms with Crippen LogP contribution in [0, 0.1) is 10.7 Å². The standard InChI is InChI=1S/C7H3Cl2NS/c8-5-2-1-3-6(9)7(5)11-4-10/h1-3H. The van der Waals surface area contributed by atoms with E-state index in [1.165, 1.54) is 0 Å². The molecule has 0 unspecified atom stereocenters. The first-order valence-electron chi connectivity index (χ1n) is 2.75. The highest BCUT2D eigenvalue weighted by atomic mass is 35.5. The van der Waals surface area contributed by atoms with E-state index < -0.39 is 0 Å². The Morgan fingerprint density at radius 1 is 1.27 bits per heavy atom. The summed E-state index contributed by atoms with van der Waals surface area (Å²) >= 11 is 12.5. The van der Waals surface area contributed by atoms with Crippen LogP contribution in [-0.2, 0) is 0 Å². The molecule has 0 saturated heterocycles. The minimum absolute atomic E-state index is 0.518. The summed E-state index contributed by atoms with van der Waals surface area (Å²) in [4.78, 5) is 0.623. The van der Waals surface area contributed by atoms with Crippen molar-refractivity contribution in [3.05, 3.63) is 28.2 Å². The van der Waals surface area contributed by atoms with E-state index in [2.05, 4.69) is 0 Å². The monoisotopic (exact) mass is 203 g/mol. The number of rotatable bonds is 1. The molecule has 0 bridgehead atoms. The van der Waals surface area contributed by atoms with Gasteiger partial charge in [0.25, 0.3) is 0 Å². The topological polar surface area (TPSA) is 23.8 Å². The second-order valence-corrected chi connectivity index (χ2v) is 3.35. The van der Waals surface area contributed by atoms with Gasteiger partial charge in [0, 0.05) is 0 Å². The Morgan fingerprint density at radius 2 is 1.82 bits per heavy atom. The van der Waals surface area contributed by atoms with Gasteiger partial charge in [0.1, 0.15) is 5.40 Å². The second-order valence-electron chi connectivity index (χ2n) is 1.74. The van der Waals surface area contributed by atoms with Crippen LogP contribution < -0.4 is 0 Å². The first kappa shape index (κ1) is 8.73. The molecule has 0 heterocycles. The summed E-state index contributed by atoms with van der Waals surface area (Å²) in [6, 6.07) is 5.15. The quantitative estimate of drug-likeness (QED) is 0.515. The molecule has 11 heavy (non-hydrogen) atoms. The molecular formula is C7H3Cl2NS. The fourth-order valence-corrected chi connectivity index (χ4v) is 1.68. The SMILES string of the molecule is N#CSc1c(Cl)cccc1Cl. The van der Waals surface area contributed by atoms with Crippen LogP contribution in [0.2, 0.25) is 10.0 Å². The minimum atomic E-state index is 0.518. The summed E-state index contributed by atoms with van der Waals surface area (Å²) in [7, 11) is 0. The van der Waals surface area contributed by atoms with Gasteiger partial charge in [0.2, 0.25) is 0 Å². The number of nitrogens with zero attached hydrogens (tertiary/aromatic N) is 1. The van der Waals surface area contributed by atoms with Gasteiger partial charge in [-0.25, -0.2) is 0 Å². The lowest BCUT2D eigenvalue weighted by Crippen LogP contribution is -1.73. The lowest BCUT2D eigenvalue weighted by molar-refractivity contribution is 1.46. The average molecular weight is 204 g/mol. The third-order valence-corrected chi connectivity index (χ3v) is 2.66. The molecule has 0 spiro atoms. The van der Waals surface area contributed by atoms with Crippen LogP contribution >= 0.6 is 35.0 Å². The average Bonchev–Trinajstić information content (AvgIpc) is 1.97. The predicted molar refractivity (Wildman–Crippen MR) is 47.9 cm³/mol. The highest BCUT2D eigenvalue weighted by Gasteiger charge is 2.04. The first-order valence-corrected chi connectivity index (χ1v) is 4.33. The minimum Gasteiger partial charge on any atom is -0.185 e. The van der Waals surface area contributed by atoms with E-state index >= 15 is 0 Å². The first-order chi connectivity index (χ1) is 5.25. The van der Waals surface area contributed by atoms with Gasteiger partial charge in [-0.3, -0.25) is 0 Å². The van der Waals surface area contributed by atoms with Crippen molar-refractivity contribution >= 4 is 35.0 Å². The Balaban J connectivity index is 3.12. The highest BCUT2D eigenvalue weighted by Crippen LogP contribution is 2.32. The number of hydrogen-bond donors (Lipinski definition) is 0. The van der Waals surface area contributed by atoms with E-state index in [0.29, 0.717) is 14.9 Å². The van der Waals surface area contributed by atoms with Crippen molar-refractivity contribution in [3.8, 4) is 5.40 Å². The summed E-state index contributed by atoms with van der Waals surface area (Å²) in [5, 5.41) is 11.3. The van der Waals surface area contributed by atoms with Gasteiger partial charge in [-0.15, -0.1) is 0 Å². The maximum atomic E-state index is 8.36. The molecule has 1 aromatic carbocycles. The number of halogens is 2. The second kappa shape index (κ2) is 3.87. The van der Waals surface area contributed by atoms with Gasteiger partial charge in [-0.05, 0) is 23.9 Å². The fourth-order valence-electron chi connectivity index (χ4n) is 0.626. The highest BCUT2D eigenvalue weighted by molar-refractivity contribution is 8.04. The van der Waals surface area contributed by atoms with Crippen molar-refractivity contribution in [1.82, 2.24) is 0 Å². The fraction of sp³-hybridized carbons (Fsp3) is 0. The van der Waals surface area contributed by atoms with E-state index in [9.17, 15) is 0 Å². The van der Waals surface area contributed by atoms with Crippen molar-refractivity contribution in [2.75, 3.05) is 0 Å². The third kappa shape index (κ3) is 2.03. The van der Waals surface area contributed by atoms with Crippen LogP contribution in [-0.4, -0.2) is 0 Å². The number of benzene rings is 1. The van der Waals surface area contributed by atoms with E-state index in [4.69, 9.17) is 28.5 Å². The van der Waals surface area contributed by atoms with Crippen LogP contribution in [0.3, 0.4) is 0 Å². The van der Waals surface area contributed by atoms with Gasteiger partial charge in [-0.2, -0.15) is 5.26 Å². The van der Waals surface area contributed by atoms with E-state index in [-0.39, 0.29) is 0 Å². The van der Waals surface area contributed by atoms with Gasteiger partial charge in [-0.1, -0.05) is 29.3 Å². The van der Waals surface area contributed by atoms with Crippen molar-refractivity contribution in [2.24, 2.45) is 0 Å². The molecule has 56 valence electrons. The largest absolute Gasteiger partial charge is 0.185 e. The van der Waals surface area contributed by atoms with Gasteiger partial charge in [0.05, 0.1) is 14.9 Å². The Morgan fingerprint density at radius 3 is 2.27 bits per heavy atom. The molecule has 0 aliphatic rings. The smallest absolute Gasteiger partial charge is 0.138 e. The number of hydrogen-bond acceptors (Lipinski definition) is 2. The number of thioether (sulfide) groups is 1. The maximum absolute atomic E-state index is 8.36. The lowest BCUT2D eigenvalue weighted by Gasteiger charge is -1.98. The normalized spacial score (nSPS) is 9.18. The molecule has 1 aromatic rings. The molecule has 1 rings (SSSR count). The Labute approximate surface area is 78.9 Å². The summed E-state index contributed by atoms with van der Waals surface area (Å²) in [5.41, 5.74) is 0. The summed E-state index contributed by atoms with van der Waals surface area (Å²) < 4.78 is 0.